The summed E-state index contributed by atoms with van der Waals surface area (Å²) >= 11 is 0. The van der Waals surface area contributed by atoms with Crippen molar-refractivity contribution in [3.63, 3.8) is 0 Å². The smallest absolute Gasteiger partial charge is 0.357 e. The molecule has 0 aromatic carbocycles. The number of aromatic nitrogens is 5. The molecule has 0 spiro atoms. The van der Waals surface area contributed by atoms with E-state index < -0.39 is 18.6 Å². The zero-order valence-electron chi connectivity index (χ0n) is 21.5. The number of carbonyl (C=O) groups excluding carboxylic acids is 1. The predicted octanol–water partition coefficient (Wildman–Crippen LogP) is 4.36. The molecule has 0 radical (unpaired) electrons. The molecule has 1 aliphatic rings. The minimum atomic E-state index is -4.33. The summed E-state index contributed by atoms with van der Waals surface area (Å²) in [6, 6.07) is 6.21. The van der Waals surface area contributed by atoms with Crippen LogP contribution < -0.4 is 15.1 Å². The summed E-state index contributed by atoms with van der Waals surface area (Å²) in [6.07, 6.45) is -3.78. The Labute approximate surface area is 213 Å². The third kappa shape index (κ3) is 5.43. The molecule has 3 aromatic rings. The van der Waals surface area contributed by atoms with Crippen molar-refractivity contribution in [2.45, 2.75) is 65.0 Å². The van der Waals surface area contributed by atoms with E-state index in [2.05, 4.69) is 20.5 Å². The Bertz CT molecular complexity index is 1270. The molecule has 4 heterocycles. The number of hydrogen-bond acceptors (Lipinski definition) is 7. The third-order valence-electron chi connectivity index (χ3n) is 6.61. The number of rotatable bonds is 9. The maximum absolute atomic E-state index is 13.5. The fraction of sp³-hybridized carbons (Fsp3) is 0.480. The molecule has 0 fully saturated rings. The van der Waals surface area contributed by atoms with Gasteiger partial charge in [-0.3, -0.25) is 9.69 Å². The molecule has 3 aromatic heterocycles. The lowest BCUT2D eigenvalue weighted by molar-refractivity contribution is -0.143. The molecule has 4 rings (SSSR count). The molecule has 198 valence electrons. The van der Waals surface area contributed by atoms with Gasteiger partial charge in [-0.2, -0.15) is 13.2 Å². The van der Waals surface area contributed by atoms with E-state index in [1.165, 1.54) is 10.9 Å². The predicted molar refractivity (Wildman–Crippen MR) is 134 cm³/mol. The summed E-state index contributed by atoms with van der Waals surface area (Å²) in [5, 5.41) is 11.0. The van der Waals surface area contributed by atoms with Gasteiger partial charge in [0.2, 0.25) is 0 Å². The molecule has 1 N–H and O–H groups in total. The van der Waals surface area contributed by atoms with Crippen LogP contribution in [-0.2, 0) is 13.1 Å². The number of nitrogens with zero attached hydrogens (tertiary/aromatic N) is 7. The number of carbonyl (C=O) groups is 1. The zero-order chi connectivity index (χ0) is 26.9. The molecule has 0 saturated heterocycles. The average Bonchev–Trinajstić information content (AvgIpc) is 3.47. The normalized spacial score (nSPS) is 14.4. The van der Waals surface area contributed by atoms with Crippen molar-refractivity contribution in [1.29, 1.82) is 0 Å². The Morgan fingerprint density at radius 3 is 2.62 bits per heavy atom. The summed E-state index contributed by atoms with van der Waals surface area (Å²) in [4.78, 5) is 26.5. The van der Waals surface area contributed by atoms with Crippen LogP contribution in [0.2, 0.25) is 0 Å². The largest absolute Gasteiger partial charge is 0.391 e. The quantitative estimate of drug-likeness (QED) is 0.452. The number of pyridine rings is 2. The van der Waals surface area contributed by atoms with Gasteiger partial charge >= 0.3 is 6.18 Å². The summed E-state index contributed by atoms with van der Waals surface area (Å²) in [5.74, 6) is 1.11. The average molecular weight is 517 g/mol. The van der Waals surface area contributed by atoms with Gasteiger partial charge in [-0.05, 0) is 45.5 Å². The van der Waals surface area contributed by atoms with Gasteiger partial charge in [-0.15, -0.1) is 10.2 Å². The van der Waals surface area contributed by atoms with Crippen molar-refractivity contribution < 1.29 is 18.0 Å². The Balaban J connectivity index is 1.69. The maximum atomic E-state index is 13.5. The highest BCUT2D eigenvalue weighted by molar-refractivity contribution is 6.10. The number of nitrogens with one attached hydrogen (secondary N) is 1. The van der Waals surface area contributed by atoms with Crippen molar-refractivity contribution in [2.24, 2.45) is 0 Å². The summed E-state index contributed by atoms with van der Waals surface area (Å²) in [6.45, 7) is 6.57. The van der Waals surface area contributed by atoms with Crippen LogP contribution in [0.25, 0.3) is 11.5 Å². The SMILES string of the molecule is CC[C@@H](CC(F)(F)F)n1cnnc1-c1cccc(N2Cc3c(cc(N(C)C(C)C)nc3CNC)C2=O)n1. The van der Waals surface area contributed by atoms with Crippen LogP contribution in [0.5, 0.6) is 0 Å². The number of anilines is 2. The lowest BCUT2D eigenvalue weighted by atomic mass is 10.1. The molecule has 0 bridgehead atoms. The molecule has 0 aliphatic carbocycles. The van der Waals surface area contributed by atoms with E-state index in [1.54, 1.807) is 36.1 Å². The zero-order valence-corrected chi connectivity index (χ0v) is 21.5. The van der Waals surface area contributed by atoms with Gasteiger partial charge in [0.15, 0.2) is 5.82 Å². The van der Waals surface area contributed by atoms with E-state index in [0.717, 1.165) is 11.3 Å². The van der Waals surface area contributed by atoms with Crippen molar-refractivity contribution in [1.82, 2.24) is 30.0 Å². The molecule has 37 heavy (non-hydrogen) atoms. The molecule has 0 saturated carbocycles. The van der Waals surface area contributed by atoms with Crippen LogP contribution in [0.4, 0.5) is 24.8 Å². The van der Waals surface area contributed by atoms with E-state index in [0.29, 0.717) is 36.0 Å². The Hall–Kier alpha value is -3.54. The molecule has 1 atom stereocenters. The Morgan fingerprint density at radius 2 is 1.97 bits per heavy atom. The van der Waals surface area contributed by atoms with Crippen LogP contribution in [0.3, 0.4) is 0 Å². The summed E-state index contributed by atoms with van der Waals surface area (Å²) in [7, 11) is 3.76. The second-order valence-electron chi connectivity index (χ2n) is 9.40. The molecule has 1 aliphatic heterocycles. The fourth-order valence-corrected chi connectivity index (χ4v) is 4.39. The van der Waals surface area contributed by atoms with Crippen LogP contribution in [-0.4, -0.2) is 57.0 Å². The molecule has 1 amide bonds. The molecular weight excluding hydrogens is 485 g/mol. The highest BCUT2D eigenvalue weighted by Gasteiger charge is 2.35. The lowest BCUT2D eigenvalue weighted by Crippen LogP contribution is -2.27. The second kappa shape index (κ2) is 10.4. The van der Waals surface area contributed by atoms with Crippen molar-refractivity contribution in [3.8, 4) is 11.5 Å². The third-order valence-corrected chi connectivity index (χ3v) is 6.61. The van der Waals surface area contributed by atoms with Crippen molar-refractivity contribution in [2.75, 3.05) is 23.9 Å². The summed E-state index contributed by atoms with van der Waals surface area (Å²) in [5.41, 5.74) is 2.52. The van der Waals surface area contributed by atoms with Gasteiger partial charge in [0, 0.05) is 31.2 Å². The first-order valence-electron chi connectivity index (χ1n) is 12.2. The maximum Gasteiger partial charge on any atom is 0.391 e. The van der Waals surface area contributed by atoms with Gasteiger partial charge in [0.05, 0.1) is 24.2 Å². The van der Waals surface area contributed by atoms with Gasteiger partial charge < -0.3 is 14.8 Å². The topological polar surface area (TPSA) is 92.1 Å². The monoisotopic (exact) mass is 516 g/mol. The minimum Gasteiger partial charge on any atom is -0.357 e. The van der Waals surface area contributed by atoms with Crippen LogP contribution in [0.1, 0.15) is 61.3 Å². The van der Waals surface area contributed by atoms with E-state index in [9.17, 15) is 18.0 Å². The van der Waals surface area contributed by atoms with E-state index in [4.69, 9.17) is 4.98 Å². The first-order chi connectivity index (χ1) is 17.5. The van der Waals surface area contributed by atoms with Crippen LogP contribution in [0.15, 0.2) is 30.6 Å². The van der Waals surface area contributed by atoms with Gasteiger partial charge in [-0.1, -0.05) is 13.0 Å². The highest BCUT2D eigenvalue weighted by Crippen LogP contribution is 2.34. The summed E-state index contributed by atoms with van der Waals surface area (Å²) < 4.78 is 40.8. The highest BCUT2D eigenvalue weighted by atomic mass is 19.4. The van der Waals surface area contributed by atoms with E-state index >= 15 is 0 Å². The van der Waals surface area contributed by atoms with E-state index in [-0.39, 0.29) is 24.2 Å². The Kier molecular flexibility index (Phi) is 7.49. The number of fused-ring (bicyclic) bond motifs is 1. The molecule has 9 nitrogen and oxygen atoms in total. The Morgan fingerprint density at radius 1 is 1.22 bits per heavy atom. The number of halogens is 3. The lowest BCUT2D eigenvalue weighted by Gasteiger charge is -2.24. The molecular formula is C25H31F3N8O. The fourth-order valence-electron chi connectivity index (χ4n) is 4.39. The van der Waals surface area contributed by atoms with Crippen LogP contribution in [0, 0.1) is 0 Å². The van der Waals surface area contributed by atoms with Gasteiger partial charge in [0.25, 0.3) is 5.91 Å². The van der Waals surface area contributed by atoms with Crippen molar-refractivity contribution >= 4 is 17.5 Å². The number of hydrogen-bond donors (Lipinski definition) is 1. The van der Waals surface area contributed by atoms with Gasteiger partial charge in [-0.25, -0.2) is 9.97 Å². The first kappa shape index (κ1) is 26.5. The van der Waals surface area contributed by atoms with E-state index in [1.807, 2.05) is 32.8 Å². The molecule has 0 unspecified atom stereocenters. The first-order valence-corrected chi connectivity index (χ1v) is 12.2. The number of alkyl halides is 3. The van der Waals surface area contributed by atoms with Crippen LogP contribution >= 0.6 is 0 Å². The minimum absolute atomic E-state index is 0.195. The second-order valence-corrected chi connectivity index (χ2v) is 9.40. The molecule has 12 heteroatoms. The van der Waals surface area contributed by atoms with Gasteiger partial charge in [0.1, 0.15) is 23.7 Å². The number of amides is 1. The van der Waals surface area contributed by atoms with Crippen molar-refractivity contribution in [3.05, 3.63) is 47.4 Å². The standard InChI is InChI=1S/C25H31F3N8O/c1-6-16(11-25(26,27)28)36-14-30-33-23(36)19-8-7-9-21(31-19)35-13-18-17(24(35)37)10-22(34(5)15(2)3)32-20(18)12-29-4/h7-10,14-16,29H,6,11-13H2,1-5H3/t16-/m0/s1.